The number of halogens is 1. The lowest BCUT2D eigenvalue weighted by atomic mass is 10.0. The predicted octanol–water partition coefficient (Wildman–Crippen LogP) is 0.943. The summed E-state index contributed by atoms with van der Waals surface area (Å²) in [6, 6.07) is 4.35. The molecule has 0 spiro atoms. The Bertz CT molecular complexity index is 438. The second-order valence-electron chi connectivity index (χ2n) is 2.76. The molecule has 4 nitrogen and oxygen atoms in total. The van der Waals surface area contributed by atoms with Gasteiger partial charge in [-0.15, -0.1) is 0 Å². The first-order valence-electron chi connectivity index (χ1n) is 4.15. The van der Waals surface area contributed by atoms with Gasteiger partial charge >= 0.3 is 5.97 Å². The molecule has 78 valence electrons. The van der Waals surface area contributed by atoms with Crippen molar-refractivity contribution in [2.24, 2.45) is 5.73 Å². The van der Waals surface area contributed by atoms with Crippen LogP contribution < -0.4 is 5.73 Å². The Morgan fingerprint density at radius 2 is 2.33 bits per heavy atom. The van der Waals surface area contributed by atoms with Crippen LogP contribution in [-0.2, 0) is 11.3 Å². The van der Waals surface area contributed by atoms with Crippen LogP contribution >= 0.6 is 0 Å². The minimum absolute atomic E-state index is 0.0281. The van der Waals surface area contributed by atoms with E-state index in [2.05, 4.69) is 4.74 Å². The van der Waals surface area contributed by atoms with E-state index in [9.17, 15) is 9.18 Å². The fourth-order valence-corrected chi connectivity index (χ4v) is 1.19. The number of hydrogen-bond donors (Lipinski definition) is 1. The smallest absolute Gasteiger partial charge is 0.340 e. The minimum atomic E-state index is -0.789. The van der Waals surface area contributed by atoms with Crippen molar-refractivity contribution in [3.8, 4) is 6.07 Å². The topological polar surface area (TPSA) is 76.1 Å². The lowest BCUT2D eigenvalue weighted by Gasteiger charge is -2.06. The van der Waals surface area contributed by atoms with Crippen LogP contribution in [0.3, 0.4) is 0 Å². The summed E-state index contributed by atoms with van der Waals surface area (Å²) < 4.78 is 18.0. The van der Waals surface area contributed by atoms with Gasteiger partial charge in [0.25, 0.3) is 0 Å². The van der Waals surface area contributed by atoms with E-state index in [-0.39, 0.29) is 23.2 Å². The molecule has 2 N–H and O–H groups in total. The molecule has 0 aliphatic heterocycles. The molecule has 0 aliphatic rings. The summed E-state index contributed by atoms with van der Waals surface area (Å²) in [6.07, 6.45) is 0. The highest BCUT2D eigenvalue weighted by molar-refractivity contribution is 5.90. The Labute approximate surface area is 86.1 Å². The minimum Gasteiger partial charge on any atom is -0.465 e. The fourth-order valence-electron chi connectivity index (χ4n) is 1.19. The quantitative estimate of drug-likeness (QED) is 0.734. The van der Waals surface area contributed by atoms with E-state index in [1.807, 2.05) is 0 Å². The normalized spacial score (nSPS) is 9.47. The Morgan fingerprint density at radius 1 is 1.67 bits per heavy atom. The summed E-state index contributed by atoms with van der Waals surface area (Å²) in [5, 5.41) is 8.67. The van der Waals surface area contributed by atoms with Gasteiger partial charge in [-0.1, -0.05) is 0 Å². The zero-order chi connectivity index (χ0) is 11.4. The third-order valence-corrected chi connectivity index (χ3v) is 1.97. The highest BCUT2D eigenvalue weighted by atomic mass is 19.1. The number of ether oxygens (including phenoxy) is 1. The van der Waals surface area contributed by atoms with Crippen LogP contribution in [0.2, 0.25) is 0 Å². The number of benzene rings is 1. The van der Waals surface area contributed by atoms with Crippen LogP contribution in [0, 0.1) is 17.1 Å². The highest BCUT2D eigenvalue weighted by Crippen LogP contribution is 2.17. The molecule has 1 aromatic carbocycles. The summed E-state index contributed by atoms with van der Waals surface area (Å²) in [6.45, 7) is -0.139. The Kier molecular flexibility index (Phi) is 3.37. The van der Waals surface area contributed by atoms with E-state index in [0.717, 1.165) is 7.11 Å². The van der Waals surface area contributed by atoms with Gasteiger partial charge in [-0.05, 0) is 12.1 Å². The first-order valence-corrected chi connectivity index (χ1v) is 4.15. The summed E-state index contributed by atoms with van der Waals surface area (Å²) in [4.78, 5) is 11.1. The van der Waals surface area contributed by atoms with Gasteiger partial charge in [0.2, 0.25) is 0 Å². The van der Waals surface area contributed by atoms with E-state index in [1.54, 1.807) is 6.07 Å². The predicted molar refractivity (Wildman–Crippen MR) is 50.3 cm³/mol. The molecular formula is C10H9FN2O2. The monoisotopic (exact) mass is 208 g/mol. The van der Waals surface area contributed by atoms with Crippen molar-refractivity contribution in [3.05, 3.63) is 34.6 Å². The molecule has 0 radical (unpaired) electrons. The number of nitrogens with two attached hydrogens (primary N) is 1. The van der Waals surface area contributed by atoms with Gasteiger partial charge in [-0.3, -0.25) is 0 Å². The first kappa shape index (κ1) is 11.1. The molecule has 0 bridgehead atoms. The largest absolute Gasteiger partial charge is 0.465 e. The van der Waals surface area contributed by atoms with E-state index >= 15 is 0 Å². The van der Waals surface area contributed by atoms with Crippen molar-refractivity contribution in [2.45, 2.75) is 6.54 Å². The zero-order valence-electron chi connectivity index (χ0n) is 8.08. The maximum absolute atomic E-state index is 13.6. The third-order valence-electron chi connectivity index (χ3n) is 1.97. The van der Waals surface area contributed by atoms with Crippen LogP contribution in [0.25, 0.3) is 0 Å². The molecule has 0 heterocycles. The molecule has 0 amide bonds. The van der Waals surface area contributed by atoms with Crippen molar-refractivity contribution in [1.82, 2.24) is 0 Å². The second-order valence-corrected chi connectivity index (χ2v) is 2.76. The second kappa shape index (κ2) is 4.53. The fraction of sp³-hybridized carbons (Fsp3) is 0.200. The number of nitriles is 1. The molecule has 0 aromatic heterocycles. The van der Waals surface area contributed by atoms with Crippen molar-refractivity contribution in [3.63, 3.8) is 0 Å². The van der Waals surface area contributed by atoms with Gasteiger partial charge in [-0.25, -0.2) is 9.18 Å². The summed E-state index contributed by atoms with van der Waals surface area (Å²) in [5.74, 6) is -1.57. The van der Waals surface area contributed by atoms with Crippen LogP contribution in [0.5, 0.6) is 0 Å². The van der Waals surface area contributed by atoms with Gasteiger partial charge in [-0.2, -0.15) is 5.26 Å². The number of carbonyl (C=O) groups excluding carboxylic acids is 1. The van der Waals surface area contributed by atoms with Crippen LogP contribution in [0.4, 0.5) is 4.39 Å². The van der Waals surface area contributed by atoms with Gasteiger partial charge in [0.1, 0.15) is 5.82 Å². The molecule has 1 rings (SSSR count). The third kappa shape index (κ3) is 1.95. The van der Waals surface area contributed by atoms with Crippen molar-refractivity contribution >= 4 is 5.97 Å². The van der Waals surface area contributed by atoms with Crippen molar-refractivity contribution in [2.75, 3.05) is 7.11 Å². The maximum Gasteiger partial charge on any atom is 0.340 e. The number of hydrogen-bond acceptors (Lipinski definition) is 4. The molecule has 0 saturated carbocycles. The lowest BCUT2D eigenvalue weighted by molar-refractivity contribution is 0.0595. The molecule has 0 aliphatic carbocycles. The molecule has 1 aromatic rings. The first-order chi connectivity index (χ1) is 7.15. The summed E-state index contributed by atoms with van der Waals surface area (Å²) in [5.41, 5.74) is 5.24. The number of esters is 1. The van der Waals surface area contributed by atoms with E-state index < -0.39 is 11.8 Å². The van der Waals surface area contributed by atoms with Crippen molar-refractivity contribution < 1.29 is 13.9 Å². The van der Waals surface area contributed by atoms with Gasteiger partial charge in [0.15, 0.2) is 0 Å². The molecule has 15 heavy (non-hydrogen) atoms. The van der Waals surface area contributed by atoms with Gasteiger partial charge in [0.05, 0.1) is 24.3 Å². The van der Waals surface area contributed by atoms with E-state index in [0.29, 0.717) is 0 Å². The number of carbonyl (C=O) groups is 1. The highest BCUT2D eigenvalue weighted by Gasteiger charge is 2.17. The SMILES string of the molecule is COC(=O)c1ccc(C#N)c(CN)c1F. The lowest BCUT2D eigenvalue weighted by Crippen LogP contribution is -2.10. The number of nitrogens with zero attached hydrogens (tertiary/aromatic N) is 1. The number of rotatable bonds is 2. The van der Waals surface area contributed by atoms with Crippen LogP contribution in [0.15, 0.2) is 12.1 Å². The number of methoxy groups -OCH3 is 1. The molecular weight excluding hydrogens is 199 g/mol. The Balaban J connectivity index is 3.37. The van der Waals surface area contributed by atoms with Gasteiger partial charge in [0, 0.05) is 12.1 Å². The van der Waals surface area contributed by atoms with Crippen molar-refractivity contribution in [1.29, 1.82) is 5.26 Å². The average Bonchev–Trinajstić information content (AvgIpc) is 2.27. The van der Waals surface area contributed by atoms with E-state index in [1.165, 1.54) is 12.1 Å². The molecule has 0 saturated heterocycles. The van der Waals surface area contributed by atoms with Crippen LogP contribution in [-0.4, -0.2) is 13.1 Å². The molecule has 0 atom stereocenters. The molecule has 0 unspecified atom stereocenters. The van der Waals surface area contributed by atoms with Gasteiger partial charge < -0.3 is 10.5 Å². The molecule has 5 heteroatoms. The summed E-state index contributed by atoms with van der Waals surface area (Å²) >= 11 is 0. The molecule has 0 fully saturated rings. The Morgan fingerprint density at radius 3 is 2.80 bits per heavy atom. The summed E-state index contributed by atoms with van der Waals surface area (Å²) in [7, 11) is 1.15. The maximum atomic E-state index is 13.6. The standard InChI is InChI=1S/C10H9FN2O2/c1-15-10(14)7-3-2-6(4-12)8(5-13)9(7)11/h2-3H,5,13H2,1H3. The Hall–Kier alpha value is -1.93. The van der Waals surface area contributed by atoms with Crippen LogP contribution in [0.1, 0.15) is 21.5 Å². The zero-order valence-corrected chi connectivity index (χ0v) is 8.08. The van der Waals surface area contributed by atoms with E-state index in [4.69, 9.17) is 11.0 Å². The average molecular weight is 208 g/mol.